The van der Waals surface area contributed by atoms with Crippen LogP contribution < -0.4 is 5.32 Å². The first kappa shape index (κ1) is 15.8. The van der Waals surface area contributed by atoms with Crippen molar-refractivity contribution in [2.45, 2.75) is 13.1 Å². The molecule has 0 amide bonds. The first-order chi connectivity index (χ1) is 9.83. The Morgan fingerprint density at radius 3 is 2.71 bits per heavy atom. The van der Waals surface area contributed by atoms with Crippen LogP contribution in [0.5, 0.6) is 0 Å². The van der Waals surface area contributed by atoms with E-state index in [0.29, 0.717) is 0 Å². The number of guanidine groups is 1. The van der Waals surface area contributed by atoms with Crippen molar-refractivity contribution in [3.05, 3.63) is 54.1 Å². The van der Waals surface area contributed by atoms with Crippen molar-refractivity contribution in [3.8, 4) is 0 Å². The molecule has 0 spiro atoms. The van der Waals surface area contributed by atoms with Crippen LogP contribution in [0.3, 0.4) is 0 Å². The summed E-state index contributed by atoms with van der Waals surface area (Å²) in [5.74, 6) is 0.988. The lowest BCUT2D eigenvalue weighted by Gasteiger charge is -2.17. The van der Waals surface area contributed by atoms with Crippen LogP contribution in [0.1, 0.15) is 11.1 Å². The second-order valence-corrected chi connectivity index (χ2v) is 4.98. The third kappa shape index (κ3) is 3.96. The highest BCUT2D eigenvalue weighted by Crippen LogP contribution is 2.11. The zero-order valence-electron chi connectivity index (χ0n) is 12.1. The molecular formula is C15H20IN5. The van der Waals surface area contributed by atoms with Crippen LogP contribution in [0.25, 0.3) is 0 Å². The van der Waals surface area contributed by atoms with Gasteiger partial charge in [0, 0.05) is 39.1 Å². The van der Waals surface area contributed by atoms with E-state index in [4.69, 9.17) is 0 Å². The van der Waals surface area contributed by atoms with Crippen LogP contribution in [0, 0.1) is 0 Å². The molecule has 0 radical (unpaired) electrons. The molecule has 1 aromatic carbocycles. The van der Waals surface area contributed by atoms with Crippen molar-refractivity contribution in [2.75, 3.05) is 20.1 Å². The molecule has 3 rings (SSSR count). The Balaban J connectivity index is 0.00000161. The first-order valence-electron chi connectivity index (χ1n) is 6.85. The number of nitrogens with zero attached hydrogens (tertiary/aromatic N) is 4. The van der Waals surface area contributed by atoms with Gasteiger partial charge < -0.3 is 14.8 Å². The van der Waals surface area contributed by atoms with Crippen LogP contribution in [0.4, 0.5) is 0 Å². The van der Waals surface area contributed by atoms with Crippen LogP contribution in [0.2, 0.25) is 0 Å². The van der Waals surface area contributed by atoms with Gasteiger partial charge in [0.2, 0.25) is 0 Å². The van der Waals surface area contributed by atoms with Crippen molar-refractivity contribution in [2.24, 2.45) is 4.99 Å². The predicted molar refractivity (Wildman–Crippen MR) is 95.0 cm³/mol. The Hall–Kier alpha value is -1.57. The lowest BCUT2D eigenvalue weighted by atomic mass is 10.1. The summed E-state index contributed by atoms with van der Waals surface area (Å²) in [5, 5.41) is 3.42. The van der Waals surface area contributed by atoms with Gasteiger partial charge in [-0.15, -0.1) is 24.0 Å². The lowest BCUT2D eigenvalue weighted by molar-refractivity contribution is 0.533. The number of hydrogen-bond donors (Lipinski definition) is 1. The predicted octanol–water partition coefficient (Wildman–Crippen LogP) is 1.94. The number of aromatic nitrogens is 2. The fourth-order valence-electron chi connectivity index (χ4n) is 2.36. The molecule has 2 heterocycles. The topological polar surface area (TPSA) is 45.5 Å². The van der Waals surface area contributed by atoms with Gasteiger partial charge in [0.15, 0.2) is 5.96 Å². The van der Waals surface area contributed by atoms with Crippen LogP contribution in [0.15, 0.2) is 48.0 Å². The summed E-state index contributed by atoms with van der Waals surface area (Å²) in [4.78, 5) is 10.7. The highest BCUT2D eigenvalue weighted by atomic mass is 127. The van der Waals surface area contributed by atoms with Gasteiger partial charge in [0.05, 0.1) is 12.9 Å². The molecule has 0 unspecified atom stereocenters. The van der Waals surface area contributed by atoms with E-state index >= 15 is 0 Å². The van der Waals surface area contributed by atoms with E-state index in [-0.39, 0.29) is 24.0 Å². The van der Waals surface area contributed by atoms with E-state index in [0.717, 1.165) is 32.1 Å². The van der Waals surface area contributed by atoms with Gasteiger partial charge in [-0.2, -0.15) is 0 Å². The third-order valence-corrected chi connectivity index (χ3v) is 3.53. The Kier molecular flexibility index (Phi) is 5.60. The van der Waals surface area contributed by atoms with E-state index in [1.54, 1.807) is 0 Å². The lowest BCUT2D eigenvalue weighted by Crippen LogP contribution is -2.35. The number of likely N-dealkylation sites (N-methyl/N-ethyl adjacent to an activating group) is 1. The molecule has 1 aliphatic rings. The smallest absolute Gasteiger partial charge is 0.194 e. The quantitative estimate of drug-likeness (QED) is 0.803. The average Bonchev–Trinajstić information content (AvgIpc) is 3.10. The fraction of sp³-hybridized carbons (Fsp3) is 0.333. The second kappa shape index (κ2) is 7.44. The van der Waals surface area contributed by atoms with E-state index in [9.17, 15) is 0 Å². The molecule has 2 aromatic rings. The van der Waals surface area contributed by atoms with Gasteiger partial charge >= 0.3 is 0 Å². The molecule has 1 aromatic heterocycles. The molecule has 1 N–H and O–H groups in total. The van der Waals surface area contributed by atoms with E-state index < -0.39 is 0 Å². The largest absolute Gasteiger partial charge is 0.352 e. The normalized spacial score (nSPS) is 13.8. The van der Waals surface area contributed by atoms with Gasteiger partial charge in [-0.25, -0.2) is 4.98 Å². The van der Waals surface area contributed by atoms with Crippen molar-refractivity contribution >= 4 is 29.9 Å². The Labute approximate surface area is 142 Å². The highest BCUT2D eigenvalue weighted by molar-refractivity contribution is 14.0. The Morgan fingerprint density at radius 2 is 2.05 bits per heavy atom. The monoisotopic (exact) mass is 397 g/mol. The molecular weight excluding hydrogens is 377 g/mol. The molecule has 0 aliphatic carbocycles. The maximum Gasteiger partial charge on any atom is 0.194 e. The summed E-state index contributed by atoms with van der Waals surface area (Å²) in [6, 6.07) is 8.48. The van der Waals surface area contributed by atoms with Crippen LogP contribution in [-0.4, -0.2) is 40.5 Å². The minimum atomic E-state index is 0. The highest BCUT2D eigenvalue weighted by Gasteiger charge is 2.12. The zero-order chi connectivity index (χ0) is 13.8. The van der Waals surface area contributed by atoms with Gasteiger partial charge in [0.1, 0.15) is 0 Å². The van der Waals surface area contributed by atoms with Gasteiger partial charge in [-0.3, -0.25) is 4.99 Å². The van der Waals surface area contributed by atoms with Crippen LogP contribution >= 0.6 is 24.0 Å². The average molecular weight is 397 g/mol. The summed E-state index contributed by atoms with van der Waals surface area (Å²) in [6.07, 6.45) is 5.64. The number of nitrogens with one attached hydrogen (secondary N) is 1. The van der Waals surface area contributed by atoms with Crippen molar-refractivity contribution < 1.29 is 0 Å². The zero-order valence-corrected chi connectivity index (χ0v) is 14.4. The summed E-state index contributed by atoms with van der Waals surface area (Å²) < 4.78 is 2.08. The number of aliphatic imine (C=N–C) groups is 1. The molecule has 21 heavy (non-hydrogen) atoms. The molecule has 6 heteroatoms. The molecule has 5 nitrogen and oxygen atoms in total. The van der Waals surface area contributed by atoms with Crippen LogP contribution in [-0.2, 0) is 13.1 Å². The minimum absolute atomic E-state index is 0. The molecule has 1 aliphatic heterocycles. The first-order valence-corrected chi connectivity index (χ1v) is 6.85. The minimum Gasteiger partial charge on any atom is -0.352 e. The van der Waals surface area contributed by atoms with Gasteiger partial charge in [-0.05, 0) is 11.1 Å². The number of benzene rings is 1. The van der Waals surface area contributed by atoms with E-state index in [1.165, 1.54) is 11.1 Å². The standard InChI is InChI=1S/C15H19N5.HI/c1-19-8-7-17-15(19)18-10-13-4-2-3-5-14(13)11-20-9-6-16-12-20;/h2-6,9,12H,7-8,10-11H2,1H3,(H,17,18);1H. The number of halogens is 1. The molecule has 0 saturated heterocycles. The Morgan fingerprint density at radius 1 is 1.24 bits per heavy atom. The second-order valence-electron chi connectivity index (χ2n) is 4.98. The fourth-order valence-corrected chi connectivity index (χ4v) is 2.36. The number of rotatable bonds is 4. The van der Waals surface area contributed by atoms with Gasteiger partial charge in [0.25, 0.3) is 0 Å². The molecule has 0 bridgehead atoms. The SMILES string of the molecule is CN1CCN=C1NCc1ccccc1Cn1ccnc1.I. The molecule has 0 saturated carbocycles. The third-order valence-electron chi connectivity index (χ3n) is 3.53. The molecule has 112 valence electrons. The summed E-state index contributed by atoms with van der Waals surface area (Å²) >= 11 is 0. The van der Waals surface area contributed by atoms with Crippen molar-refractivity contribution in [1.82, 2.24) is 19.8 Å². The number of imidazole rings is 1. The summed E-state index contributed by atoms with van der Waals surface area (Å²) in [5.41, 5.74) is 2.60. The Bertz CT molecular complexity index is 594. The molecule has 0 atom stereocenters. The summed E-state index contributed by atoms with van der Waals surface area (Å²) in [7, 11) is 2.07. The van der Waals surface area contributed by atoms with Gasteiger partial charge in [-0.1, -0.05) is 24.3 Å². The number of hydrogen-bond acceptors (Lipinski definition) is 4. The maximum atomic E-state index is 4.45. The van der Waals surface area contributed by atoms with Crippen molar-refractivity contribution in [1.29, 1.82) is 0 Å². The molecule has 0 fully saturated rings. The summed E-state index contributed by atoms with van der Waals surface area (Å²) in [6.45, 7) is 3.53. The van der Waals surface area contributed by atoms with E-state index in [2.05, 4.69) is 56.1 Å². The maximum absolute atomic E-state index is 4.45. The van der Waals surface area contributed by atoms with Crippen molar-refractivity contribution in [3.63, 3.8) is 0 Å². The van der Waals surface area contributed by atoms with E-state index in [1.807, 2.05) is 18.7 Å².